The topological polar surface area (TPSA) is 112 Å². The highest BCUT2D eigenvalue weighted by molar-refractivity contribution is 7.89. The molecular weight excluding hydrogens is 400 g/mol. The van der Waals surface area contributed by atoms with Crippen LogP contribution in [0.3, 0.4) is 0 Å². The molecule has 0 fully saturated rings. The van der Waals surface area contributed by atoms with Crippen LogP contribution in [-0.2, 0) is 22.0 Å². The molecule has 1 aliphatic heterocycles. The summed E-state index contributed by atoms with van der Waals surface area (Å²) < 4.78 is 54.0. The van der Waals surface area contributed by atoms with Crippen molar-refractivity contribution in [3.05, 3.63) is 64.2 Å². The summed E-state index contributed by atoms with van der Waals surface area (Å²) >= 11 is 0. The Balaban J connectivity index is 1.71. The van der Waals surface area contributed by atoms with Gasteiger partial charge in [-0.1, -0.05) is 12.1 Å². The number of rotatable bonds is 2. The Morgan fingerprint density at radius 3 is 2.83 bits per heavy atom. The second-order valence-corrected chi connectivity index (χ2v) is 8.97. The van der Waals surface area contributed by atoms with Gasteiger partial charge in [-0.25, -0.2) is 26.5 Å². The molecule has 0 saturated carbocycles. The van der Waals surface area contributed by atoms with Crippen LogP contribution in [0.1, 0.15) is 27.9 Å². The molecule has 2 N–H and O–H groups in total. The summed E-state index contributed by atoms with van der Waals surface area (Å²) in [5.74, 6) is -1.96. The lowest BCUT2D eigenvalue weighted by atomic mass is 9.71. The number of nitriles is 1. The van der Waals surface area contributed by atoms with E-state index in [4.69, 9.17) is 11.0 Å². The van der Waals surface area contributed by atoms with E-state index in [1.807, 2.05) is 0 Å². The molecule has 10 heteroatoms. The summed E-state index contributed by atoms with van der Waals surface area (Å²) in [4.78, 5) is 8.13. The van der Waals surface area contributed by atoms with E-state index in [-0.39, 0.29) is 23.0 Å². The number of guanidine groups is 1. The number of halogens is 2. The molecule has 1 spiro atoms. The van der Waals surface area contributed by atoms with Gasteiger partial charge in [-0.3, -0.25) is 4.98 Å². The van der Waals surface area contributed by atoms with E-state index in [1.165, 1.54) is 7.05 Å². The predicted molar refractivity (Wildman–Crippen MR) is 103 cm³/mol. The quantitative estimate of drug-likeness (QED) is 0.805. The van der Waals surface area contributed by atoms with Gasteiger partial charge in [0, 0.05) is 25.7 Å². The van der Waals surface area contributed by atoms with Crippen LogP contribution < -0.4 is 5.73 Å². The smallest absolute Gasteiger partial charge is 0.239 e. The molecule has 0 amide bonds. The van der Waals surface area contributed by atoms with Crippen LogP contribution in [0, 0.1) is 17.1 Å². The Morgan fingerprint density at radius 1 is 1.41 bits per heavy atom. The van der Waals surface area contributed by atoms with Gasteiger partial charge in [-0.05, 0) is 28.8 Å². The summed E-state index contributed by atoms with van der Waals surface area (Å²) in [6.45, 7) is 0. The van der Waals surface area contributed by atoms with Crippen LogP contribution >= 0.6 is 0 Å². The number of hydrogen-bond donors (Lipinski definition) is 1. The van der Waals surface area contributed by atoms with Crippen molar-refractivity contribution in [2.45, 2.75) is 12.0 Å². The second kappa shape index (κ2) is 6.35. The third kappa shape index (κ3) is 3.03. The van der Waals surface area contributed by atoms with Gasteiger partial charge in [0.15, 0.2) is 0 Å². The van der Waals surface area contributed by atoms with Crippen LogP contribution in [-0.4, -0.2) is 36.5 Å². The van der Waals surface area contributed by atoms with Crippen LogP contribution in [0.5, 0.6) is 0 Å². The summed E-state index contributed by atoms with van der Waals surface area (Å²) in [5, 5.41) is 8.74. The predicted octanol–water partition coefficient (Wildman–Crippen LogP) is 1.90. The average Bonchev–Trinajstić information content (AvgIpc) is 2.66. The Bertz CT molecular complexity index is 1250. The number of benzene rings is 1. The van der Waals surface area contributed by atoms with Gasteiger partial charge in [-0.2, -0.15) is 5.26 Å². The van der Waals surface area contributed by atoms with Crippen molar-refractivity contribution in [1.29, 1.82) is 5.26 Å². The summed E-state index contributed by atoms with van der Waals surface area (Å²) in [6.07, 6.45) is 2.55. The van der Waals surface area contributed by atoms with Crippen LogP contribution in [0.15, 0.2) is 35.5 Å². The molecule has 1 aliphatic carbocycles. The first-order valence-corrected chi connectivity index (χ1v) is 10.1. The molecule has 0 unspecified atom stereocenters. The minimum Gasteiger partial charge on any atom is -0.369 e. The standard InChI is InChI=1S/C19H15F2N5O2S/c1-26-18(23)25-19(10-29(26,27)28)7-12-3-2-11(4-14(12)19)5-16(21)17-6-15(20)13(8-22)9-24-17/h2-6,9H,7,10H2,1H3,(H2,23,25)/b16-5-/t19-/m0/s1. The maximum Gasteiger partial charge on any atom is 0.239 e. The van der Waals surface area contributed by atoms with Crippen LogP contribution in [0.25, 0.3) is 11.9 Å². The molecule has 2 heterocycles. The largest absolute Gasteiger partial charge is 0.369 e. The second-order valence-electron chi connectivity index (χ2n) is 6.97. The van der Waals surface area contributed by atoms with Crippen LogP contribution in [0.4, 0.5) is 8.78 Å². The third-order valence-corrected chi connectivity index (χ3v) is 6.98. The first-order valence-electron chi connectivity index (χ1n) is 8.54. The maximum absolute atomic E-state index is 14.6. The molecule has 29 heavy (non-hydrogen) atoms. The SMILES string of the molecule is CN1C(N)=N[C@@]2(Cc3ccc(/C=C(\F)c4cc(F)c(C#N)cn4)cc32)CS1(=O)=O. The molecule has 148 valence electrons. The Morgan fingerprint density at radius 2 is 2.17 bits per heavy atom. The number of fused-ring (bicyclic) bond motifs is 2. The van der Waals surface area contributed by atoms with Crippen molar-refractivity contribution in [2.24, 2.45) is 10.7 Å². The Labute approximate surface area is 165 Å². The van der Waals surface area contributed by atoms with Gasteiger partial charge < -0.3 is 5.73 Å². The molecular formula is C19H15F2N5O2S. The van der Waals surface area contributed by atoms with Crippen molar-refractivity contribution in [1.82, 2.24) is 9.29 Å². The highest BCUT2D eigenvalue weighted by atomic mass is 32.2. The molecule has 4 rings (SSSR count). The molecule has 0 radical (unpaired) electrons. The van der Waals surface area contributed by atoms with Gasteiger partial charge >= 0.3 is 0 Å². The van der Waals surface area contributed by atoms with Gasteiger partial charge in [0.05, 0.1) is 5.75 Å². The summed E-state index contributed by atoms with van der Waals surface area (Å²) in [7, 11) is -2.26. The molecule has 1 aromatic heterocycles. The molecule has 0 saturated heterocycles. The third-order valence-electron chi connectivity index (χ3n) is 5.12. The highest BCUT2D eigenvalue weighted by Gasteiger charge is 2.50. The minimum atomic E-state index is -3.60. The van der Waals surface area contributed by atoms with Crippen molar-refractivity contribution in [3.8, 4) is 6.07 Å². The molecule has 1 aromatic carbocycles. The number of sulfonamides is 1. The zero-order valence-corrected chi connectivity index (χ0v) is 16.0. The molecule has 2 aromatic rings. The van der Waals surface area contributed by atoms with E-state index in [0.29, 0.717) is 17.5 Å². The molecule has 1 atom stereocenters. The normalized spacial score (nSPS) is 22.5. The van der Waals surface area contributed by atoms with Crippen molar-refractivity contribution < 1.29 is 17.2 Å². The van der Waals surface area contributed by atoms with Crippen LogP contribution in [0.2, 0.25) is 0 Å². The Hall–Kier alpha value is -3.32. The minimum absolute atomic E-state index is 0.0914. The fourth-order valence-electron chi connectivity index (χ4n) is 3.53. The number of nitrogens with two attached hydrogens (primary N) is 1. The summed E-state index contributed by atoms with van der Waals surface area (Å²) in [5.41, 5.74) is 6.29. The average molecular weight is 415 g/mol. The first-order chi connectivity index (χ1) is 13.6. The van der Waals surface area contributed by atoms with E-state index >= 15 is 0 Å². The zero-order valence-electron chi connectivity index (χ0n) is 15.2. The summed E-state index contributed by atoms with van der Waals surface area (Å²) in [6, 6.07) is 7.56. The van der Waals surface area contributed by atoms with Gasteiger partial charge in [0.25, 0.3) is 0 Å². The lowest BCUT2D eigenvalue weighted by molar-refractivity contribution is 0.401. The number of nitrogens with zero attached hydrogens (tertiary/aromatic N) is 4. The van der Waals surface area contributed by atoms with Crippen molar-refractivity contribution in [3.63, 3.8) is 0 Å². The maximum atomic E-state index is 14.6. The fraction of sp³-hybridized carbons (Fsp3) is 0.211. The van der Waals surface area contributed by atoms with E-state index in [1.54, 1.807) is 24.3 Å². The van der Waals surface area contributed by atoms with E-state index in [0.717, 1.165) is 28.2 Å². The number of aliphatic imine (C=N–C) groups is 1. The Kier molecular flexibility index (Phi) is 4.16. The molecule has 7 nitrogen and oxygen atoms in total. The zero-order chi connectivity index (χ0) is 21.0. The molecule has 2 aliphatic rings. The molecule has 0 bridgehead atoms. The van der Waals surface area contributed by atoms with Gasteiger partial charge in [-0.15, -0.1) is 0 Å². The highest BCUT2D eigenvalue weighted by Crippen LogP contribution is 2.46. The lowest BCUT2D eigenvalue weighted by Gasteiger charge is -2.44. The number of pyridine rings is 1. The van der Waals surface area contributed by atoms with Crippen molar-refractivity contribution in [2.75, 3.05) is 12.8 Å². The fourth-order valence-corrected chi connectivity index (χ4v) is 4.98. The van der Waals surface area contributed by atoms with Crippen molar-refractivity contribution >= 4 is 27.9 Å². The van der Waals surface area contributed by atoms with E-state index in [2.05, 4.69) is 9.98 Å². The van der Waals surface area contributed by atoms with E-state index in [9.17, 15) is 17.2 Å². The number of aromatic nitrogens is 1. The van der Waals surface area contributed by atoms with Gasteiger partial charge in [0.2, 0.25) is 16.0 Å². The first kappa shape index (κ1) is 19.0. The van der Waals surface area contributed by atoms with E-state index < -0.39 is 27.2 Å². The monoisotopic (exact) mass is 415 g/mol. The van der Waals surface area contributed by atoms with Gasteiger partial charge in [0.1, 0.15) is 34.5 Å². The number of hydrogen-bond acceptors (Lipinski definition) is 6. The lowest BCUT2D eigenvalue weighted by Crippen LogP contribution is -2.55.